The molecule has 0 spiro atoms. The summed E-state index contributed by atoms with van der Waals surface area (Å²) < 4.78 is 7.21. The average molecular weight is 346 g/mol. The van der Waals surface area contributed by atoms with Crippen molar-refractivity contribution in [1.29, 1.82) is 0 Å². The third-order valence-corrected chi connectivity index (χ3v) is 5.12. The van der Waals surface area contributed by atoms with Crippen LogP contribution in [0.5, 0.6) is 0 Å². The molecule has 0 N–H and O–H groups in total. The molecule has 0 radical (unpaired) electrons. The van der Waals surface area contributed by atoms with Gasteiger partial charge in [0.15, 0.2) is 5.82 Å². The van der Waals surface area contributed by atoms with Crippen LogP contribution in [0.4, 0.5) is 0 Å². The van der Waals surface area contributed by atoms with E-state index < -0.39 is 0 Å². The van der Waals surface area contributed by atoms with Gasteiger partial charge in [-0.15, -0.1) is 0 Å². The largest absolute Gasteiger partial charge is 0.340 e. The van der Waals surface area contributed by atoms with Gasteiger partial charge in [0, 0.05) is 38.8 Å². The van der Waals surface area contributed by atoms with Gasteiger partial charge in [0.05, 0.1) is 12.2 Å². The number of aryl methyl sites for hydroxylation is 2. The molecule has 3 heterocycles. The number of hydrogen-bond donors (Lipinski definition) is 0. The van der Waals surface area contributed by atoms with Gasteiger partial charge in [-0.2, -0.15) is 10.1 Å². The monoisotopic (exact) mass is 346 g/mol. The predicted molar refractivity (Wildman–Crippen MR) is 95.9 cm³/mol. The van der Waals surface area contributed by atoms with Crippen molar-refractivity contribution in [1.82, 2.24) is 29.7 Å². The fraction of sp³-hybridized carbons (Fsp3) is 0.722. The normalized spacial score (nSPS) is 19.4. The molecule has 0 amide bonds. The number of aromatic nitrogens is 4. The molecule has 1 atom stereocenters. The van der Waals surface area contributed by atoms with Crippen molar-refractivity contribution in [2.45, 2.75) is 65.7 Å². The van der Waals surface area contributed by atoms with Crippen molar-refractivity contribution in [2.75, 3.05) is 19.6 Å². The summed E-state index contributed by atoms with van der Waals surface area (Å²) in [6.07, 6.45) is 5.55. The Morgan fingerprint density at radius 1 is 1.28 bits per heavy atom. The summed E-state index contributed by atoms with van der Waals surface area (Å²) in [5.41, 5.74) is 1.32. The van der Waals surface area contributed by atoms with E-state index in [1.165, 1.54) is 25.0 Å². The lowest BCUT2D eigenvalue weighted by atomic mass is 10.1. The third-order valence-electron chi connectivity index (χ3n) is 5.12. The molecule has 25 heavy (non-hydrogen) atoms. The molecule has 0 aliphatic carbocycles. The molecule has 0 aromatic carbocycles. The van der Waals surface area contributed by atoms with Crippen LogP contribution in [0.15, 0.2) is 16.8 Å². The first-order valence-corrected chi connectivity index (χ1v) is 9.45. The first kappa shape index (κ1) is 18.1. The summed E-state index contributed by atoms with van der Waals surface area (Å²) >= 11 is 0. The zero-order valence-electron chi connectivity index (χ0n) is 15.7. The lowest BCUT2D eigenvalue weighted by Gasteiger charge is -2.29. The van der Waals surface area contributed by atoms with Crippen molar-refractivity contribution in [2.24, 2.45) is 0 Å². The lowest BCUT2D eigenvalue weighted by molar-refractivity contribution is 0.170. The zero-order valence-corrected chi connectivity index (χ0v) is 15.7. The maximum atomic E-state index is 5.12. The smallest absolute Gasteiger partial charge is 0.223 e. The molecule has 1 aliphatic heterocycles. The Balaban J connectivity index is 1.56. The molecule has 0 saturated carbocycles. The second-order valence-electron chi connectivity index (χ2n) is 6.79. The van der Waals surface area contributed by atoms with Gasteiger partial charge in [0.2, 0.25) is 5.89 Å². The molecule has 1 unspecified atom stereocenters. The summed E-state index contributed by atoms with van der Waals surface area (Å²) in [6, 6.07) is 2.73. The van der Waals surface area contributed by atoms with E-state index in [1.807, 2.05) is 13.1 Å². The number of likely N-dealkylation sites (tertiary alicyclic amines) is 1. The van der Waals surface area contributed by atoms with Crippen LogP contribution in [0, 0.1) is 6.92 Å². The maximum absolute atomic E-state index is 5.12. The highest BCUT2D eigenvalue weighted by Gasteiger charge is 2.23. The van der Waals surface area contributed by atoms with E-state index in [9.17, 15) is 0 Å². The minimum atomic E-state index is 0.588. The molecule has 1 fully saturated rings. The number of rotatable bonds is 7. The van der Waals surface area contributed by atoms with E-state index in [4.69, 9.17) is 4.52 Å². The molecule has 138 valence electrons. The van der Waals surface area contributed by atoms with Crippen LogP contribution >= 0.6 is 0 Å². The minimum absolute atomic E-state index is 0.588. The van der Waals surface area contributed by atoms with Crippen molar-refractivity contribution in [3.8, 4) is 0 Å². The average Bonchev–Trinajstić information content (AvgIpc) is 3.16. The minimum Gasteiger partial charge on any atom is -0.340 e. The molecular formula is C18H30N6O. The Morgan fingerprint density at radius 3 is 2.88 bits per heavy atom. The van der Waals surface area contributed by atoms with Gasteiger partial charge in [0.1, 0.15) is 0 Å². The molecule has 2 aromatic rings. The first-order valence-electron chi connectivity index (χ1n) is 9.45. The van der Waals surface area contributed by atoms with Gasteiger partial charge in [-0.3, -0.25) is 14.5 Å². The first-order chi connectivity index (χ1) is 12.2. The van der Waals surface area contributed by atoms with Crippen molar-refractivity contribution in [3.63, 3.8) is 0 Å². The Bertz CT molecular complexity index is 652. The summed E-state index contributed by atoms with van der Waals surface area (Å²) in [7, 11) is 0. The summed E-state index contributed by atoms with van der Waals surface area (Å²) in [5.74, 6) is 1.44. The number of nitrogens with zero attached hydrogens (tertiary/aromatic N) is 6. The maximum Gasteiger partial charge on any atom is 0.223 e. The van der Waals surface area contributed by atoms with Crippen LogP contribution in [-0.2, 0) is 19.6 Å². The summed E-state index contributed by atoms with van der Waals surface area (Å²) in [4.78, 5) is 9.42. The highest BCUT2D eigenvalue weighted by Crippen LogP contribution is 2.20. The molecular weight excluding hydrogens is 316 g/mol. The van der Waals surface area contributed by atoms with E-state index in [0.29, 0.717) is 11.9 Å². The van der Waals surface area contributed by atoms with Gasteiger partial charge >= 0.3 is 0 Å². The van der Waals surface area contributed by atoms with E-state index in [-0.39, 0.29) is 0 Å². The fourth-order valence-corrected chi connectivity index (χ4v) is 3.76. The topological polar surface area (TPSA) is 63.2 Å². The Morgan fingerprint density at radius 2 is 2.16 bits per heavy atom. The molecule has 3 rings (SSSR count). The van der Waals surface area contributed by atoms with E-state index in [2.05, 4.69) is 49.6 Å². The van der Waals surface area contributed by atoms with Gasteiger partial charge in [-0.05, 0) is 45.3 Å². The van der Waals surface area contributed by atoms with Crippen LogP contribution in [0.3, 0.4) is 0 Å². The molecule has 0 bridgehead atoms. The zero-order chi connectivity index (χ0) is 17.6. The second kappa shape index (κ2) is 8.58. The number of hydrogen-bond acceptors (Lipinski definition) is 6. The summed E-state index contributed by atoms with van der Waals surface area (Å²) in [6.45, 7) is 12.2. The van der Waals surface area contributed by atoms with Crippen molar-refractivity contribution in [3.05, 3.63) is 29.7 Å². The second-order valence-corrected chi connectivity index (χ2v) is 6.79. The van der Waals surface area contributed by atoms with Crippen molar-refractivity contribution >= 4 is 0 Å². The van der Waals surface area contributed by atoms with Gasteiger partial charge < -0.3 is 4.52 Å². The Kier molecular flexibility index (Phi) is 6.20. The van der Waals surface area contributed by atoms with Crippen LogP contribution in [0.2, 0.25) is 0 Å². The van der Waals surface area contributed by atoms with Crippen molar-refractivity contribution < 1.29 is 4.52 Å². The lowest BCUT2D eigenvalue weighted by Crippen LogP contribution is -2.36. The van der Waals surface area contributed by atoms with Gasteiger partial charge in [-0.25, -0.2) is 0 Å². The van der Waals surface area contributed by atoms with Gasteiger partial charge in [-0.1, -0.05) is 12.1 Å². The SMILES string of the molecule is CCN(Cc1noc(C)n1)C1CCCN(Cc2ccnn2CC)CC1. The highest BCUT2D eigenvalue weighted by atomic mass is 16.5. The molecule has 7 nitrogen and oxygen atoms in total. The predicted octanol–water partition coefficient (Wildman–Crippen LogP) is 2.47. The molecule has 7 heteroatoms. The van der Waals surface area contributed by atoms with Crippen LogP contribution < -0.4 is 0 Å². The quantitative estimate of drug-likeness (QED) is 0.767. The molecule has 1 aliphatic rings. The highest BCUT2D eigenvalue weighted by molar-refractivity contribution is 5.00. The third kappa shape index (κ3) is 4.67. The van der Waals surface area contributed by atoms with E-state index >= 15 is 0 Å². The summed E-state index contributed by atoms with van der Waals surface area (Å²) in [5, 5.41) is 8.45. The van der Waals surface area contributed by atoms with Gasteiger partial charge in [0.25, 0.3) is 0 Å². The Hall–Kier alpha value is -1.73. The molecule has 1 saturated heterocycles. The molecule has 2 aromatic heterocycles. The fourth-order valence-electron chi connectivity index (χ4n) is 3.76. The standard InChI is InChI=1S/C18H30N6O/c1-4-23(14-18-20-15(3)25-21-18)16-7-6-11-22(12-9-16)13-17-8-10-19-24(17)5-2/h8,10,16H,4-7,9,11-14H2,1-3H3. The van der Waals surface area contributed by atoms with Crippen LogP contribution in [0.25, 0.3) is 0 Å². The Labute approximate surface area is 150 Å². The van der Waals surface area contributed by atoms with E-state index in [1.54, 1.807) is 0 Å². The van der Waals surface area contributed by atoms with Crippen LogP contribution in [0.1, 0.15) is 50.5 Å². The van der Waals surface area contributed by atoms with Crippen LogP contribution in [-0.4, -0.2) is 55.4 Å². The van der Waals surface area contributed by atoms with E-state index in [0.717, 1.165) is 45.1 Å².